The number of aliphatic hydroxyl groups excluding tert-OH is 1. The third-order valence-electron chi connectivity index (χ3n) is 6.06. The summed E-state index contributed by atoms with van der Waals surface area (Å²) in [4.78, 5) is 36.6. The molecule has 1 aliphatic rings. The lowest BCUT2D eigenvalue weighted by Crippen LogP contribution is -2.29. The maximum atomic E-state index is 13.4. The average molecular weight is 470 g/mol. The molecular weight excluding hydrogens is 448 g/mol. The van der Waals surface area contributed by atoms with Gasteiger partial charge in [0, 0.05) is 25.1 Å². The Morgan fingerprint density at radius 3 is 2.71 bits per heavy atom. The van der Waals surface area contributed by atoms with Crippen LogP contribution in [-0.2, 0) is 16.1 Å². The summed E-state index contributed by atoms with van der Waals surface area (Å²) in [5.41, 5.74) is 2.58. The summed E-state index contributed by atoms with van der Waals surface area (Å²) in [7, 11) is 1.41. The van der Waals surface area contributed by atoms with Crippen LogP contribution in [0.1, 0.15) is 28.6 Å². The fourth-order valence-corrected chi connectivity index (χ4v) is 4.47. The minimum Gasteiger partial charge on any atom is -0.505 e. The van der Waals surface area contributed by atoms with Crippen molar-refractivity contribution in [1.29, 1.82) is 0 Å². The van der Waals surface area contributed by atoms with Crippen molar-refractivity contribution in [2.45, 2.75) is 19.5 Å². The molecule has 1 aromatic carbocycles. The largest absolute Gasteiger partial charge is 0.505 e. The Morgan fingerprint density at radius 1 is 1.14 bits per heavy atom. The number of rotatable bonds is 5. The fraction of sp³-hybridized carbons (Fsp3) is 0.154. The molecule has 1 aliphatic heterocycles. The number of aromatic nitrogens is 3. The van der Waals surface area contributed by atoms with Crippen LogP contribution in [0.4, 0.5) is 0 Å². The molecule has 35 heavy (non-hydrogen) atoms. The molecule has 0 radical (unpaired) electrons. The van der Waals surface area contributed by atoms with Gasteiger partial charge in [0.25, 0.3) is 11.7 Å². The van der Waals surface area contributed by atoms with E-state index in [0.717, 1.165) is 5.56 Å². The lowest BCUT2D eigenvalue weighted by atomic mass is 9.95. The minimum atomic E-state index is -0.932. The number of aromatic hydroxyl groups is 1. The standard InChI is InChI=1S/C26H22N4O5/c1-15-22(29-11-4-3-7-20(29)28-15)24(32)21-23(17-8-9-18(31)19(12-17)35-2)30(26(34)25(21)33)14-16-6-5-10-27-13-16/h3-13,23,31-32H,14H2,1-2H3. The molecule has 2 N–H and O–H groups in total. The van der Waals surface area contributed by atoms with Crippen molar-refractivity contribution in [3.05, 3.63) is 95.2 Å². The van der Waals surface area contributed by atoms with E-state index in [1.54, 1.807) is 66.3 Å². The number of methoxy groups -OCH3 is 1. The average Bonchev–Trinajstić information content (AvgIpc) is 3.33. The Bertz CT molecular complexity index is 1490. The van der Waals surface area contributed by atoms with Crippen molar-refractivity contribution in [2.75, 3.05) is 7.11 Å². The third kappa shape index (κ3) is 3.67. The highest BCUT2D eigenvalue weighted by molar-refractivity contribution is 6.46. The van der Waals surface area contributed by atoms with Crippen LogP contribution in [0.5, 0.6) is 11.5 Å². The first-order valence-corrected chi connectivity index (χ1v) is 10.9. The summed E-state index contributed by atoms with van der Waals surface area (Å²) in [5, 5.41) is 21.6. The van der Waals surface area contributed by atoms with Crippen molar-refractivity contribution in [3.63, 3.8) is 0 Å². The predicted molar refractivity (Wildman–Crippen MR) is 127 cm³/mol. The van der Waals surface area contributed by atoms with Gasteiger partial charge in [-0.25, -0.2) is 4.98 Å². The van der Waals surface area contributed by atoms with Gasteiger partial charge < -0.3 is 19.8 Å². The molecule has 4 aromatic rings. The number of benzene rings is 1. The van der Waals surface area contributed by atoms with Crippen LogP contribution in [-0.4, -0.2) is 48.3 Å². The quantitative estimate of drug-likeness (QED) is 0.261. The zero-order chi connectivity index (χ0) is 24.7. The zero-order valence-electron chi connectivity index (χ0n) is 19.0. The number of ether oxygens (including phenoxy) is 1. The van der Waals surface area contributed by atoms with Gasteiger partial charge in [-0.1, -0.05) is 18.2 Å². The normalized spacial score (nSPS) is 17.3. The molecule has 0 bridgehead atoms. The van der Waals surface area contributed by atoms with E-state index < -0.39 is 17.7 Å². The Kier molecular flexibility index (Phi) is 5.44. The lowest BCUT2D eigenvalue weighted by Gasteiger charge is -2.25. The Balaban J connectivity index is 1.74. The molecule has 176 valence electrons. The number of hydrogen-bond donors (Lipinski definition) is 2. The number of carbonyl (C=O) groups is 2. The molecule has 0 spiro atoms. The molecule has 3 aromatic heterocycles. The van der Waals surface area contributed by atoms with E-state index in [-0.39, 0.29) is 29.4 Å². The number of amides is 1. The van der Waals surface area contributed by atoms with Crippen LogP contribution >= 0.6 is 0 Å². The second-order valence-corrected chi connectivity index (χ2v) is 8.19. The van der Waals surface area contributed by atoms with Gasteiger partial charge in [0.15, 0.2) is 17.3 Å². The molecule has 5 rings (SSSR count). The summed E-state index contributed by atoms with van der Waals surface area (Å²) in [6.45, 7) is 1.82. The van der Waals surface area contributed by atoms with Gasteiger partial charge in [0.05, 0.1) is 24.4 Å². The Labute approximate surface area is 200 Å². The zero-order valence-corrected chi connectivity index (χ0v) is 19.0. The number of phenolic OH excluding ortho intramolecular Hbond substituents is 1. The number of hydrogen-bond acceptors (Lipinski definition) is 7. The first-order valence-electron chi connectivity index (χ1n) is 10.9. The first kappa shape index (κ1) is 22.1. The van der Waals surface area contributed by atoms with E-state index in [2.05, 4.69) is 9.97 Å². The monoisotopic (exact) mass is 470 g/mol. The van der Waals surface area contributed by atoms with Gasteiger partial charge in [0.1, 0.15) is 11.3 Å². The van der Waals surface area contributed by atoms with E-state index in [4.69, 9.17) is 4.74 Å². The van der Waals surface area contributed by atoms with Crippen LogP contribution in [0.3, 0.4) is 0 Å². The van der Waals surface area contributed by atoms with Gasteiger partial charge in [-0.3, -0.25) is 19.0 Å². The number of aryl methyl sites for hydroxylation is 1. The molecular formula is C26H22N4O5. The van der Waals surface area contributed by atoms with Gasteiger partial charge >= 0.3 is 0 Å². The number of nitrogens with zero attached hydrogens (tertiary/aromatic N) is 4. The first-order chi connectivity index (χ1) is 16.9. The van der Waals surface area contributed by atoms with E-state index in [0.29, 0.717) is 22.6 Å². The molecule has 1 fully saturated rings. The molecule has 1 atom stereocenters. The van der Waals surface area contributed by atoms with Crippen molar-refractivity contribution in [3.8, 4) is 11.5 Å². The van der Waals surface area contributed by atoms with Crippen molar-refractivity contribution >= 4 is 23.1 Å². The third-order valence-corrected chi connectivity index (χ3v) is 6.06. The highest BCUT2D eigenvalue weighted by Crippen LogP contribution is 2.42. The van der Waals surface area contributed by atoms with E-state index >= 15 is 0 Å². The molecule has 9 nitrogen and oxygen atoms in total. The van der Waals surface area contributed by atoms with Crippen LogP contribution in [0.15, 0.2) is 72.7 Å². The van der Waals surface area contributed by atoms with Crippen molar-refractivity contribution in [1.82, 2.24) is 19.3 Å². The Hall–Kier alpha value is -4.66. The highest BCUT2D eigenvalue weighted by atomic mass is 16.5. The van der Waals surface area contributed by atoms with Crippen LogP contribution in [0.2, 0.25) is 0 Å². The van der Waals surface area contributed by atoms with Gasteiger partial charge in [-0.2, -0.15) is 0 Å². The molecule has 9 heteroatoms. The van der Waals surface area contributed by atoms with Crippen LogP contribution < -0.4 is 4.74 Å². The maximum Gasteiger partial charge on any atom is 0.295 e. The number of carbonyl (C=O) groups excluding carboxylic acids is 2. The second kappa shape index (κ2) is 8.60. The van der Waals surface area contributed by atoms with Crippen molar-refractivity contribution in [2.24, 2.45) is 0 Å². The second-order valence-electron chi connectivity index (χ2n) is 8.19. The maximum absolute atomic E-state index is 13.4. The van der Waals surface area contributed by atoms with E-state index in [1.165, 1.54) is 18.1 Å². The molecule has 1 saturated heterocycles. The number of Topliss-reactive ketones (excluding diaryl/α,β-unsaturated/α-hetero) is 1. The number of phenols is 1. The molecule has 1 unspecified atom stereocenters. The van der Waals surface area contributed by atoms with E-state index in [9.17, 15) is 19.8 Å². The number of pyridine rings is 2. The van der Waals surface area contributed by atoms with Gasteiger partial charge in [-0.15, -0.1) is 0 Å². The van der Waals surface area contributed by atoms with Gasteiger partial charge in [-0.05, 0) is 48.4 Å². The summed E-state index contributed by atoms with van der Waals surface area (Å²) >= 11 is 0. The Morgan fingerprint density at radius 2 is 1.97 bits per heavy atom. The summed E-state index contributed by atoms with van der Waals surface area (Å²) < 4.78 is 6.93. The molecule has 0 aliphatic carbocycles. The van der Waals surface area contributed by atoms with Gasteiger partial charge in [0.2, 0.25) is 0 Å². The number of likely N-dealkylation sites (tertiary alicyclic amines) is 1. The highest BCUT2D eigenvalue weighted by Gasteiger charge is 2.46. The summed E-state index contributed by atoms with van der Waals surface area (Å²) in [6, 6.07) is 12.6. The SMILES string of the molecule is COc1cc(C2C(=C(O)c3c(C)nc4ccccn34)C(=O)C(=O)N2Cc2cccnc2)ccc1O. The smallest absolute Gasteiger partial charge is 0.295 e. The number of ketones is 1. The molecule has 0 saturated carbocycles. The predicted octanol–water partition coefficient (Wildman–Crippen LogP) is 3.37. The minimum absolute atomic E-state index is 0.0691. The van der Waals surface area contributed by atoms with Crippen LogP contribution in [0, 0.1) is 6.92 Å². The number of aliphatic hydroxyl groups is 1. The van der Waals surface area contributed by atoms with E-state index in [1.807, 2.05) is 6.07 Å². The fourth-order valence-electron chi connectivity index (χ4n) is 4.47. The van der Waals surface area contributed by atoms with Crippen LogP contribution in [0.25, 0.3) is 11.4 Å². The lowest BCUT2D eigenvalue weighted by molar-refractivity contribution is -0.140. The summed E-state index contributed by atoms with van der Waals surface area (Å²) in [6.07, 6.45) is 4.96. The molecule has 1 amide bonds. The topological polar surface area (TPSA) is 117 Å². The summed E-state index contributed by atoms with van der Waals surface area (Å²) in [5.74, 6) is -1.79. The number of imidazole rings is 1. The number of fused-ring (bicyclic) bond motifs is 1. The molecule has 4 heterocycles. The van der Waals surface area contributed by atoms with Crippen molar-refractivity contribution < 1.29 is 24.5 Å².